The summed E-state index contributed by atoms with van der Waals surface area (Å²) < 4.78 is 5.14. The average Bonchev–Trinajstić information content (AvgIpc) is 2.16. The molecule has 0 spiro atoms. The lowest BCUT2D eigenvalue weighted by Crippen LogP contribution is -2.10. The van der Waals surface area contributed by atoms with Crippen LogP contribution in [0.5, 0.6) is 0 Å². The van der Waals surface area contributed by atoms with Gasteiger partial charge in [-0.1, -0.05) is 6.92 Å². The van der Waals surface area contributed by atoms with E-state index in [0.717, 1.165) is 17.7 Å². The summed E-state index contributed by atoms with van der Waals surface area (Å²) in [6.07, 6.45) is 0.751. The molecule has 1 atom stereocenters. The first-order valence-electron chi connectivity index (χ1n) is 4.75. The van der Waals surface area contributed by atoms with Gasteiger partial charge in [0.25, 0.3) is 0 Å². The fourth-order valence-electron chi connectivity index (χ4n) is 1.36. The van der Waals surface area contributed by atoms with E-state index in [0.29, 0.717) is 11.6 Å². The van der Waals surface area contributed by atoms with Gasteiger partial charge in [-0.2, -0.15) is 0 Å². The lowest BCUT2D eigenvalue weighted by Gasteiger charge is -2.12. The summed E-state index contributed by atoms with van der Waals surface area (Å²) in [6, 6.07) is 0. The standard InChI is InChI=1S/C10H17N3O/c1-5-8-6(2)12-10(7(3)14-4)13-9(8)11/h7H,5H2,1-4H3,(H2,11,12,13). The number of anilines is 1. The van der Waals surface area contributed by atoms with Crippen LogP contribution in [0.25, 0.3) is 0 Å². The van der Waals surface area contributed by atoms with Crippen LogP contribution in [0.4, 0.5) is 5.82 Å². The van der Waals surface area contributed by atoms with Gasteiger partial charge in [-0.25, -0.2) is 9.97 Å². The van der Waals surface area contributed by atoms with E-state index in [1.165, 1.54) is 0 Å². The Bertz CT molecular complexity index is 302. The zero-order valence-corrected chi connectivity index (χ0v) is 9.16. The monoisotopic (exact) mass is 195 g/mol. The van der Waals surface area contributed by atoms with Crippen molar-refractivity contribution < 1.29 is 4.74 Å². The largest absolute Gasteiger partial charge is 0.383 e. The topological polar surface area (TPSA) is 61.0 Å². The van der Waals surface area contributed by atoms with E-state index in [9.17, 15) is 0 Å². The van der Waals surface area contributed by atoms with E-state index in [1.807, 2.05) is 20.8 Å². The minimum Gasteiger partial charge on any atom is -0.383 e. The van der Waals surface area contributed by atoms with Gasteiger partial charge in [-0.3, -0.25) is 0 Å². The molecule has 0 radical (unpaired) electrons. The Morgan fingerprint density at radius 1 is 1.43 bits per heavy atom. The molecule has 0 saturated heterocycles. The molecular weight excluding hydrogens is 178 g/mol. The highest BCUT2D eigenvalue weighted by Gasteiger charge is 2.12. The van der Waals surface area contributed by atoms with Crippen LogP contribution in [0, 0.1) is 6.92 Å². The van der Waals surface area contributed by atoms with Crippen molar-refractivity contribution in [2.45, 2.75) is 33.3 Å². The highest BCUT2D eigenvalue weighted by molar-refractivity contribution is 5.42. The molecule has 2 N–H and O–H groups in total. The van der Waals surface area contributed by atoms with Gasteiger partial charge in [0.1, 0.15) is 11.9 Å². The first-order valence-corrected chi connectivity index (χ1v) is 4.75. The minimum absolute atomic E-state index is 0.109. The molecule has 0 aliphatic rings. The molecule has 14 heavy (non-hydrogen) atoms. The molecule has 1 aromatic heterocycles. The van der Waals surface area contributed by atoms with Gasteiger partial charge in [0.05, 0.1) is 0 Å². The molecule has 4 nitrogen and oxygen atoms in total. The van der Waals surface area contributed by atoms with E-state index >= 15 is 0 Å². The van der Waals surface area contributed by atoms with Crippen molar-refractivity contribution in [2.75, 3.05) is 12.8 Å². The van der Waals surface area contributed by atoms with Crippen LogP contribution in [0.3, 0.4) is 0 Å². The summed E-state index contributed by atoms with van der Waals surface area (Å²) in [5, 5.41) is 0. The maximum atomic E-state index is 5.82. The van der Waals surface area contributed by atoms with Gasteiger partial charge in [0, 0.05) is 18.4 Å². The minimum atomic E-state index is -0.109. The maximum Gasteiger partial charge on any atom is 0.159 e. The Hall–Kier alpha value is -1.16. The normalized spacial score (nSPS) is 12.9. The molecule has 1 unspecified atom stereocenters. The molecule has 0 fully saturated rings. The second-order valence-electron chi connectivity index (χ2n) is 3.26. The van der Waals surface area contributed by atoms with Crippen molar-refractivity contribution in [3.05, 3.63) is 17.1 Å². The van der Waals surface area contributed by atoms with E-state index in [2.05, 4.69) is 9.97 Å². The number of ether oxygens (including phenoxy) is 1. The van der Waals surface area contributed by atoms with Crippen LogP contribution in [0.1, 0.15) is 37.0 Å². The fourth-order valence-corrected chi connectivity index (χ4v) is 1.36. The molecule has 0 aliphatic heterocycles. The smallest absolute Gasteiger partial charge is 0.159 e. The molecule has 4 heteroatoms. The fraction of sp³-hybridized carbons (Fsp3) is 0.600. The van der Waals surface area contributed by atoms with Gasteiger partial charge in [0.15, 0.2) is 5.82 Å². The van der Waals surface area contributed by atoms with Crippen molar-refractivity contribution in [2.24, 2.45) is 0 Å². The van der Waals surface area contributed by atoms with Crippen molar-refractivity contribution in [1.29, 1.82) is 0 Å². The Balaban J connectivity index is 3.13. The summed E-state index contributed by atoms with van der Waals surface area (Å²) in [5.74, 6) is 1.22. The number of hydrogen-bond donors (Lipinski definition) is 1. The number of hydrogen-bond acceptors (Lipinski definition) is 4. The van der Waals surface area contributed by atoms with Gasteiger partial charge in [-0.15, -0.1) is 0 Å². The summed E-state index contributed by atoms with van der Waals surface area (Å²) in [7, 11) is 1.63. The Kier molecular flexibility index (Phi) is 3.41. The third-order valence-corrected chi connectivity index (χ3v) is 2.33. The molecule has 1 heterocycles. The Morgan fingerprint density at radius 2 is 2.07 bits per heavy atom. The third-order valence-electron chi connectivity index (χ3n) is 2.33. The third kappa shape index (κ3) is 2.01. The van der Waals surface area contributed by atoms with Crippen molar-refractivity contribution in [1.82, 2.24) is 9.97 Å². The van der Waals surface area contributed by atoms with Gasteiger partial charge >= 0.3 is 0 Å². The molecule has 1 aromatic rings. The summed E-state index contributed by atoms with van der Waals surface area (Å²) in [6.45, 7) is 5.89. The van der Waals surface area contributed by atoms with E-state index in [4.69, 9.17) is 10.5 Å². The van der Waals surface area contributed by atoms with Crippen LogP contribution in [0.2, 0.25) is 0 Å². The SMILES string of the molecule is CCc1c(C)nc(C(C)OC)nc1N. The van der Waals surface area contributed by atoms with E-state index in [-0.39, 0.29) is 6.10 Å². The molecule has 1 rings (SSSR count). The Morgan fingerprint density at radius 3 is 2.50 bits per heavy atom. The van der Waals surface area contributed by atoms with Crippen molar-refractivity contribution in [3.8, 4) is 0 Å². The second-order valence-corrected chi connectivity index (χ2v) is 3.26. The van der Waals surface area contributed by atoms with Crippen LogP contribution >= 0.6 is 0 Å². The highest BCUT2D eigenvalue weighted by atomic mass is 16.5. The Labute approximate surface area is 84.5 Å². The molecule has 0 aliphatic carbocycles. The van der Waals surface area contributed by atoms with Crippen LogP contribution < -0.4 is 5.73 Å². The molecule has 0 bridgehead atoms. The first kappa shape index (κ1) is 10.9. The number of rotatable bonds is 3. The quantitative estimate of drug-likeness (QED) is 0.796. The lowest BCUT2D eigenvalue weighted by atomic mass is 10.1. The number of nitrogen functional groups attached to an aromatic ring is 1. The first-order chi connectivity index (χ1) is 6.60. The number of aryl methyl sites for hydroxylation is 1. The highest BCUT2D eigenvalue weighted by Crippen LogP contribution is 2.18. The molecule has 0 amide bonds. The predicted molar refractivity (Wildman–Crippen MR) is 56.0 cm³/mol. The number of nitrogens with two attached hydrogens (primary N) is 1. The van der Waals surface area contributed by atoms with E-state index in [1.54, 1.807) is 7.11 Å². The number of aromatic nitrogens is 2. The number of methoxy groups -OCH3 is 1. The van der Waals surface area contributed by atoms with E-state index < -0.39 is 0 Å². The van der Waals surface area contributed by atoms with Gasteiger partial charge < -0.3 is 10.5 Å². The lowest BCUT2D eigenvalue weighted by molar-refractivity contribution is 0.112. The number of nitrogens with zero attached hydrogens (tertiary/aromatic N) is 2. The molecule has 0 aromatic carbocycles. The van der Waals surface area contributed by atoms with Gasteiger partial charge in [0.2, 0.25) is 0 Å². The maximum absolute atomic E-state index is 5.82. The summed E-state index contributed by atoms with van der Waals surface area (Å²) >= 11 is 0. The van der Waals surface area contributed by atoms with Crippen LogP contribution in [0.15, 0.2) is 0 Å². The second kappa shape index (κ2) is 4.37. The zero-order chi connectivity index (χ0) is 10.7. The summed E-state index contributed by atoms with van der Waals surface area (Å²) in [4.78, 5) is 8.58. The van der Waals surface area contributed by atoms with Crippen LogP contribution in [-0.4, -0.2) is 17.1 Å². The zero-order valence-electron chi connectivity index (χ0n) is 9.16. The van der Waals surface area contributed by atoms with Crippen molar-refractivity contribution in [3.63, 3.8) is 0 Å². The van der Waals surface area contributed by atoms with Crippen LogP contribution in [-0.2, 0) is 11.2 Å². The molecule has 0 saturated carbocycles. The van der Waals surface area contributed by atoms with Crippen molar-refractivity contribution >= 4 is 5.82 Å². The average molecular weight is 195 g/mol. The van der Waals surface area contributed by atoms with Gasteiger partial charge in [-0.05, 0) is 20.3 Å². The summed E-state index contributed by atoms with van der Waals surface area (Å²) in [5.41, 5.74) is 7.79. The molecule has 78 valence electrons. The molecular formula is C10H17N3O. The predicted octanol–water partition coefficient (Wildman–Crippen LogP) is 1.64.